The highest BCUT2D eigenvalue weighted by molar-refractivity contribution is 5.90. The van der Waals surface area contributed by atoms with Crippen molar-refractivity contribution in [3.05, 3.63) is 105 Å². The summed E-state index contributed by atoms with van der Waals surface area (Å²) in [4.78, 5) is 17.9. The molecule has 0 radical (unpaired) electrons. The molecule has 0 aliphatic carbocycles. The maximum atomic E-state index is 14.3. The molecule has 1 fully saturated rings. The van der Waals surface area contributed by atoms with Gasteiger partial charge in [-0.2, -0.15) is 18.4 Å². The van der Waals surface area contributed by atoms with Gasteiger partial charge in [-0.05, 0) is 84.0 Å². The summed E-state index contributed by atoms with van der Waals surface area (Å²) >= 11 is 0. The fourth-order valence-corrected chi connectivity index (χ4v) is 6.32. The average molecular weight is 652 g/mol. The predicted molar refractivity (Wildman–Crippen MR) is 177 cm³/mol. The van der Waals surface area contributed by atoms with E-state index in [1.54, 1.807) is 12.1 Å². The van der Waals surface area contributed by atoms with Crippen molar-refractivity contribution in [2.75, 3.05) is 20.2 Å². The number of carbonyl (C=O) groups is 1. The second kappa shape index (κ2) is 13.1. The number of aromatic nitrogens is 1. The monoisotopic (exact) mass is 651 g/mol. The number of nitriles is 1. The number of hydrogen-bond acceptors (Lipinski definition) is 7. The van der Waals surface area contributed by atoms with Gasteiger partial charge in [-0.1, -0.05) is 42.5 Å². The Bertz CT molecular complexity index is 2110. The van der Waals surface area contributed by atoms with Gasteiger partial charge in [0.05, 0.1) is 24.3 Å². The first-order chi connectivity index (χ1) is 23.0. The lowest BCUT2D eigenvalue weighted by Crippen LogP contribution is -2.22. The van der Waals surface area contributed by atoms with E-state index in [1.807, 2.05) is 55.1 Å². The normalized spacial score (nSPS) is 15.3. The molecule has 6 rings (SSSR count). The number of nitrogens with zero attached hydrogens (tertiary/aromatic N) is 3. The van der Waals surface area contributed by atoms with Gasteiger partial charge >= 0.3 is 6.18 Å². The molecule has 1 atom stereocenters. The zero-order chi connectivity index (χ0) is 34.2. The van der Waals surface area contributed by atoms with Crippen molar-refractivity contribution in [2.45, 2.75) is 39.1 Å². The van der Waals surface area contributed by atoms with Crippen molar-refractivity contribution in [1.82, 2.24) is 9.88 Å². The molecule has 1 aliphatic rings. The number of rotatable bonds is 8. The van der Waals surface area contributed by atoms with E-state index in [2.05, 4.69) is 11.1 Å². The van der Waals surface area contributed by atoms with Crippen LogP contribution in [0.25, 0.3) is 45.8 Å². The first-order valence-corrected chi connectivity index (χ1v) is 15.4. The third-order valence-corrected chi connectivity index (χ3v) is 8.84. The number of benzene rings is 4. The molecular weight excluding hydrogens is 619 g/mol. The van der Waals surface area contributed by atoms with Crippen molar-refractivity contribution < 1.29 is 32.2 Å². The van der Waals surface area contributed by atoms with E-state index in [1.165, 1.54) is 25.3 Å². The number of β-amino-alcohol motifs (C(OH)–C–C–N with tert-alkyl or cyclic N) is 1. The van der Waals surface area contributed by atoms with Crippen LogP contribution >= 0.6 is 0 Å². The Balaban J connectivity index is 1.36. The van der Waals surface area contributed by atoms with Crippen molar-refractivity contribution in [2.24, 2.45) is 0 Å². The highest BCUT2D eigenvalue weighted by Crippen LogP contribution is 2.39. The molecule has 4 aromatic carbocycles. The highest BCUT2D eigenvalue weighted by Gasteiger charge is 2.34. The van der Waals surface area contributed by atoms with Crippen LogP contribution in [0.4, 0.5) is 13.2 Å². The van der Waals surface area contributed by atoms with Crippen LogP contribution in [0.3, 0.4) is 0 Å². The average Bonchev–Trinajstić information content (AvgIpc) is 3.69. The lowest BCUT2D eigenvalue weighted by Gasteiger charge is -2.20. The standard InChI is InChI=1S/C38H32F3N3O4/c1-22-25(10-11-26-17-35(47-3)28(16-33(26)38(39,40)41)19-44-13-12-29(46)20-44)6-4-7-30(22)31-8-5-9-32(23(31)2)37-43-34-15-24(21-45)14-27(18-42)36(34)48-37/h4-11,14-17,21,29,46H,12-13,19-20H2,1-3H3/b11-10+/t29-/m1/s1. The number of oxazole rings is 1. The first-order valence-electron chi connectivity index (χ1n) is 15.4. The summed E-state index contributed by atoms with van der Waals surface area (Å²) in [6, 6.07) is 19.0. The minimum atomic E-state index is -4.59. The number of ether oxygens (including phenoxy) is 1. The Morgan fingerprint density at radius 1 is 1.04 bits per heavy atom. The van der Waals surface area contributed by atoms with Crippen molar-refractivity contribution in [3.8, 4) is 34.4 Å². The Kier molecular flexibility index (Phi) is 8.93. The summed E-state index contributed by atoms with van der Waals surface area (Å²) in [5.41, 5.74) is 5.78. The molecule has 7 nitrogen and oxygen atoms in total. The Morgan fingerprint density at radius 3 is 2.42 bits per heavy atom. The smallest absolute Gasteiger partial charge is 0.417 e. The van der Waals surface area contributed by atoms with Gasteiger partial charge in [0.25, 0.3) is 0 Å². The van der Waals surface area contributed by atoms with Crippen LogP contribution in [0.15, 0.2) is 65.1 Å². The minimum Gasteiger partial charge on any atom is -0.496 e. The number of methoxy groups -OCH3 is 1. The highest BCUT2D eigenvalue weighted by atomic mass is 19.4. The van der Waals surface area contributed by atoms with E-state index in [4.69, 9.17) is 9.15 Å². The Labute approximate surface area is 275 Å². The molecule has 0 amide bonds. The van der Waals surface area contributed by atoms with Crippen LogP contribution in [-0.2, 0) is 12.7 Å². The third-order valence-electron chi connectivity index (χ3n) is 8.84. The topological polar surface area (TPSA) is 99.6 Å². The second-order valence-electron chi connectivity index (χ2n) is 11.9. The fourth-order valence-electron chi connectivity index (χ4n) is 6.32. The van der Waals surface area contributed by atoms with E-state index in [0.29, 0.717) is 65.2 Å². The molecule has 10 heteroatoms. The van der Waals surface area contributed by atoms with Crippen LogP contribution in [-0.4, -0.2) is 47.6 Å². The lowest BCUT2D eigenvalue weighted by molar-refractivity contribution is -0.137. The van der Waals surface area contributed by atoms with Gasteiger partial charge in [0.2, 0.25) is 5.89 Å². The molecule has 244 valence electrons. The van der Waals surface area contributed by atoms with E-state index in [-0.39, 0.29) is 17.7 Å². The summed E-state index contributed by atoms with van der Waals surface area (Å²) in [7, 11) is 1.44. The summed E-state index contributed by atoms with van der Waals surface area (Å²) in [5.74, 6) is 0.654. The van der Waals surface area contributed by atoms with Gasteiger partial charge < -0.3 is 14.3 Å². The number of halogens is 3. The summed E-state index contributed by atoms with van der Waals surface area (Å²) in [6.45, 7) is 5.10. The Hall–Kier alpha value is -5.24. The molecule has 0 spiro atoms. The van der Waals surface area contributed by atoms with E-state index >= 15 is 0 Å². The zero-order valence-corrected chi connectivity index (χ0v) is 26.6. The second-order valence-corrected chi connectivity index (χ2v) is 11.9. The van der Waals surface area contributed by atoms with E-state index in [0.717, 1.165) is 33.9 Å². The van der Waals surface area contributed by atoms with Gasteiger partial charge in [-0.15, -0.1) is 0 Å². The van der Waals surface area contributed by atoms with Gasteiger partial charge in [-0.3, -0.25) is 9.69 Å². The lowest BCUT2D eigenvalue weighted by atomic mass is 9.91. The van der Waals surface area contributed by atoms with Gasteiger partial charge in [0, 0.05) is 36.3 Å². The number of aliphatic hydroxyl groups excluding tert-OH is 1. The molecule has 1 N–H and O–H groups in total. The van der Waals surface area contributed by atoms with Crippen LogP contribution in [0.5, 0.6) is 5.75 Å². The number of alkyl halides is 3. The molecule has 0 saturated carbocycles. The van der Waals surface area contributed by atoms with Crippen LogP contribution in [0.1, 0.15) is 55.7 Å². The van der Waals surface area contributed by atoms with Gasteiger partial charge in [0.1, 0.15) is 23.6 Å². The largest absolute Gasteiger partial charge is 0.496 e. The predicted octanol–water partition coefficient (Wildman–Crippen LogP) is 8.23. The van der Waals surface area contributed by atoms with Crippen molar-refractivity contribution in [3.63, 3.8) is 0 Å². The van der Waals surface area contributed by atoms with E-state index < -0.39 is 17.8 Å². The molecule has 48 heavy (non-hydrogen) atoms. The summed E-state index contributed by atoms with van der Waals surface area (Å²) in [5, 5.41) is 19.5. The maximum absolute atomic E-state index is 14.3. The summed E-state index contributed by atoms with van der Waals surface area (Å²) in [6.07, 6.45) is -0.699. The number of likely N-dealkylation sites (tertiary alicyclic amines) is 1. The minimum absolute atomic E-state index is 0.0158. The molecule has 2 heterocycles. The molecule has 1 aliphatic heterocycles. The maximum Gasteiger partial charge on any atom is 0.417 e. The number of aldehydes is 1. The van der Waals surface area contributed by atoms with Crippen LogP contribution < -0.4 is 4.74 Å². The van der Waals surface area contributed by atoms with Crippen molar-refractivity contribution >= 4 is 29.5 Å². The molecule has 1 aromatic heterocycles. The quantitative estimate of drug-likeness (QED) is 0.133. The third kappa shape index (κ3) is 6.35. The summed E-state index contributed by atoms with van der Waals surface area (Å²) < 4.78 is 54.5. The number of fused-ring (bicyclic) bond motifs is 1. The molecular formula is C38H32F3N3O4. The first kappa shape index (κ1) is 32.7. The molecule has 1 saturated heterocycles. The number of aliphatic hydroxyl groups is 1. The number of hydrogen-bond donors (Lipinski definition) is 1. The van der Waals surface area contributed by atoms with Gasteiger partial charge in [0.15, 0.2) is 5.58 Å². The zero-order valence-electron chi connectivity index (χ0n) is 26.6. The van der Waals surface area contributed by atoms with Crippen molar-refractivity contribution in [1.29, 1.82) is 5.26 Å². The SMILES string of the molecule is COc1cc(/C=C/c2cccc(-c3cccc(-c4nc5cc(C=O)cc(C#N)c5o4)c3C)c2C)c(C(F)(F)F)cc1CN1CC[C@@H](O)C1. The number of carbonyl (C=O) groups excluding carboxylic acids is 1. The molecule has 5 aromatic rings. The fraction of sp³-hybridized carbons (Fsp3) is 0.237. The van der Waals surface area contributed by atoms with E-state index in [9.17, 15) is 28.3 Å². The molecule has 0 bridgehead atoms. The van der Waals surface area contributed by atoms with Gasteiger partial charge in [-0.25, -0.2) is 4.98 Å². The Morgan fingerprint density at radius 2 is 1.75 bits per heavy atom. The van der Waals surface area contributed by atoms with Crippen LogP contribution in [0, 0.1) is 25.2 Å². The molecule has 0 unspecified atom stereocenters. The van der Waals surface area contributed by atoms with Crippen LogP contribution in [0.2, 0.25) is 0 Å².